The van der Waals surface area contributed by atoms with Crippen molar-refractivity contribution in [1.29, 1.82) is 0 Å². The number of nitrogens with zero attached hydrogens (tertiary/aromatic N) is 1. The first-order valence-corrected chi connectivity index (χ1v) is 8.53. The number of para-hydroxylation sites is 1. The molecular weight excluding hydrogens is 346 g/mol. The van der Waals surface area contributed by atoms with E-state index in [0.717, 1.165) is 11.1 Å². The highest BCUT2D eigenvalue weighted by Gasteiger charge is 2.14. The van der Waals surface area contributed by atoms with E-state index in [1.807, 2.05) is 48.5 Å². The van der Waals surface area contributed by atoms with Crippen molar-refractivity contribution in [2.24, 2.45) is 0 Å². The topological polar surface area (TPSA) is 79.9 Å². The molecule has 0 aromatic heterocycles. The van der Waals surface area contributed by atoms with Crippen molar-refractivity contribution in [3.63, 3.8) is 0 Å². The SMILES string of the molecule is COc1cccc(CN(C)CC(=O)NC(=O)NCc2ccccc2)c1OC. The van der Waals surface area contributed by atoms with Crippen LogP contribution in [0.5, 0.6) is 11.5 Å². The molecule has 0 radical (unpaired) electrons. The van der Waals surface area contributed by atoms with Crippen LogP contribution in [-0.2, 0) is 17.9 Å². The van der Waals surface area contributed by atoms with Crippen LogP contribution >= 0.6 is 0 Å². The van der Waals surface area contributed by atoms with Crippen molar-refractivity contribution in [2.45, 2.75) is 13.1 Å². The van der Waals surface area contributed by atoms with Gasteiger partial charge in [0.2, 0.25) is 5.91 Å². The lowest BCUT2D eigenvalue weighted by Gasteiger charge is -2.19. The first-order valence-electron chi connectivity index (χ1n) is 8.53. The van der Waals surface area contributed by atoms with E-state index in [1.165, 1.54) is 0 Å². The van der Waals surface area contributed by atoms with E-state index >= 15 is 0 Å². The third-order valence-electron chi connectivity index (χ3n) is 3.89. The molecule has 0 fully saturated rings. The maximum absolute atomic E-state index is 12.1. The zero-order valence-electron chi connectivity index (χ0n) is 15.8. The molecule has 0 aliphatic heterocycles. The zero-order chi connectivity index (χ0) is 19.6. The predicted molar refractivity (Wildman–Crippen MR) is 103 cm³/mol. The number of nitrogens with one attached hydrogen (secondary N) is 2. The summed E-state index contributed by atoms with van der Waals surface area (Å²) >= 11 is 0. The van der Waals surface area contributed by atoms with Gasteiger partial charge in [0.25, 0.3) is 0 Å². The molecule has 0 aliphatic carbocycles. The van der Waals surface area contributed by atoms with E-state index in [9.17, 15) is 9.59 Å². The molecule has 0 bridgehead atoms. The quantitative estimate of drug-likeness (QED) is 0.743. The van der Waals surface area contributed by atoms with E-state index in [-0.39, 0.29) is 12.5 Å². The molecule has 0 aliphatic rings. The molecule has 144 valence electrons. The molecule has 3 amide bonds. The van der Waals surface area contributed by atoms with Crippen LogP contribution in [0.4, 0.5) is 4.79 Å². The second-order valence-electron chi connectivity index (χ2n) is 6.04. The molecule has 2 aromatic rings. The van der Waals surface area contributed by atoms with Crippen LogP contribution in [0.1, 0.15) is 11.1 Å². The third kappa shape index (κ3) is 6.31. The lowest BCUT2D eigenvalue weighted by Crippen LogP contribution is -2.43. The average Bonchev–Trinajstić information content (AvgIpc) is 2.66. The lowest BCUT2D eigenvalue weighted by atomic mass is 10.1. The molecule has 0 unspecified atom stereocenters. The molecule has 2 aromatic carbocycles. The maximum atomic E-state index is 12.1. The van der Waals surface area contributed by atoms with Gasteiger partial charge in [-0.15, -0.1) is 0 Å². The van der Waals surface area contributed by atoms with Gasteiger partial charge in [-0.1, -0.05) is 42.5 Å². The van der Waals surface area contributed by atoms with E-state index in [2.05, 4.69) is 10.6 Å². The fourth-order valence-electron chi connectivity index (χ4n) is 2.66. The van der Waals surface area contributed by atoms with Crippen LogP contribution in [0.3, 0.4) is 0 Å². The summed E-state index contributed by atoms with van der Waals surface area (Å²) in [6.07, 6.45) is 0. The average molecular weight is 371 g/mol. The fraction of sp³-hybridized carbons (Fsp3) is 0.300. The van der Waals surface area contributed by atoms with Crippen LogP contribution < -0.4 is 20.1 Å². The van der Waals surface area contributed by atoms with Crippen LogP contribution in [-0.4, -0.2) is 44.7 Å². The minimum absolute atomic E-state index is 0.0686. The van der Waals surface area contributed by atoms with Crippen molar-refractivity contribution in [1.82, 2.24) is 15.5 Å². The largest absolute Gasteiger partial charge is 0.493 e. The van der Waals surface area contributed by atoms with Gasteiger partial charge in [0.15, 0.2) is 11.5 Å². The van der Waals surface area contributed by atoms with Gasteiger partial charge in [-0.25, -0.2) is 4.79 Å². The number of likely N-dealkylation sites (N-methyl/N-ethyl adjacent to an activating group) is 1. The van der Waals surface area contributed by atoms with Gasteiger partial charge >= 0.3 is 6.03 Å². The van der Waals surface area contributed by atoms with Gasteiger partial charge in [0, 0.05) is 18.7 Å². The van der Waals surface area contributed by atoms with Gasteiger partial charge in [-0.3, -0.25) is 15.0 Å². The van der Waals surface area contributed by atoms with Crippen LogP contribution in [0.15, 0.2) is 48.5 Å². The zero-order valence-corrected chi connectivity index (χ0v) is 15.8. The van der Waals surface area contributed by atoms with Crippen LogP contribution in [0, 0.1) is 0 Å². The summed E-state index contributed by atoms with van der Waals surface area (Å²) in [7, 11) is 4.94. The van der Waals surface area contributed by atoms with Gasteiger partial charge in [-0.2, -0.15) is 0 Å². The molecule has 0 atom stereocenters. The Morgan fingerprint density at radius 2 is 1.74 bits per heavy atom. The number of carbonyl (C=O) groups is 2. The highest BCUT2D eigenvalue weighted by Crippen LogP contribution is 2.31. The Morgan fingerprint density at radius 3 is 2.41 bits per heavy atom. The number of methoxy groups -OCH3 is 2. The van der Waals surface area contributed by atoms with Crippen LogP contribution in [0.2, 0.25) is 0 Å². The number of hydrogen-bond acceptors (Lipinski definition) is 5. The Bertz CT molecular complexity index is 765. The summed E-state index contributed by atoms with van der Waals surface area (Å²) in [5, 5.41) is 4.99. The monoisotopic (exact) mass is 371 g/mol. The Kier molecular flexibility index (Phi) is 7.63. The third-order valence-corrected chi connectivity index (χ3v) is 3.89. The molecule has 2 rings (SSSR count). The summed E-state index contributed by atoms with van der Waals surface area (Å²) in [4.78, 5) is 25.7. The minimum Gasteiger partial charge on any atom is -0.493 e. The predicted octanol–water partition coefficient (Wildman–Crippen LogP) is 2.16. The van der Waals surface area contributed by atoms with Crippen molar-refractivity contribution in [3.05, 3.63) is 59.7 Å². The summed E-state index contributed by atoms with van der Waals surface area (Å²) in [5.74, 6) is 0.880. The first kappa shape index (κ1) is 20.3. The van der Waals surface area contributed by atoms with Crippen molar-refractivity contribution in [2.75, 3.05) is 27.8 Å². The molecule has 27 heavy (non-hydrogen) atoms. The van der Waals surface area contributed by atoms with E-state index in [1.54, 1.807) is 26.2 Å². The summed E-state index contributed by atoms with van der Waals surface area (Å²) in [5.41, 5.74) is 1.85. The molecule has 0 heterocycles. The van der Waals surface area contributed by atoms with Gasteiger partial charge in [0.05, 0.1) is 20.8 Å². The molecule has 0 saturated heterocycles. The van der Waals surface area contributed by atoms with Crippen LogP contribution in [0.25, 0.3) is 0 Å². The fourth-order valence-corrected chi connectivity index (χ4v) is 2.66. The Hall–Kier alpha value is -3.06. The Morgan fingerprint density at radius 1 is 1.00 bits per heavy atom. The van der Waals surface area contributed by atoms with Gasteiger partial charge in [-0.05, 0) is 18.7 Å². The number of urea groups is 1. The summed E-state index contributed by atoms with van der Waals surface area (Å²) in [6, 6.07) is 14.5. The van der Waals surface area contributed by atoms with E-state index < -0.39 is 6.03 Å². The normalized spacial score (nSPS) is 10.4. The smallest absolute Gasteiger partial charge is 0.321 e. The second kappa shape index (κ2) is 10.2. The molecule has 7 heteroatoms. The number of ether oxygens (including phenoxy) is 2. The Labute approximate surface area is 159 Å². The molecular formula is C20H25N3O4. The van der Waals surface area contributed by atoms with Gasteiger partial charge < -0.3 is 14.8 Å². The standard InChI is InChI=1S/C20H25N3O4/c1-23(13-16-10-7-11-17(26-2)19(16)27-3)14-18(24)22-20(25)21-12-15-8-5-4-6-9-15/h4-11H,12-14H2,1-3H3,(H2,21,22,24,25). The molecule has 0 spiro atoms. The van der Waals surface area contributed by atoms with E-state index in [4.69, 9.17) is 9.47 Å². The first-order chi connectivity index (χ1) is 13.0. The number of benzene rings is 2. The second-order valence-corrected chi connectivity index (χ2v) is 6.04. The summed E-state index contributed by atoms with van der Waals surface area (Å²) < 4.78 is 10.7. The maximum Gasteiger partial charge on any atom is 0.321 e. The number of imide groups is 1. The van der Waals surface area contributed by atoms with Crippen molar-refractivity contribution < 1.29 is 19.1 Å². The van der Waals surface area contributed by atoms with E-state index in [0.29, 0.717) is 24.6 Å². The highest BCUT2D eigenvalue weighted by atomic mass is 16.5. The lowest BCUT2D eigenvalue weighted by molar-refractivity contribution is -0.121. The van der Waals surface area contributed by atoms with Crippen molar-refractivity contribution in [3.8, 4) is 11.5 Å². The molecule has 7 nitrogen and oxygen atoms in total. The minimum atomic E-state index is -0.517. The molecule has 2 N–H and O–H groups in total. The number of hydrogen-bond donors (Lipinski definition) is 2. The number of amides is 3. The van der Waals surface area contributed by atoms with Gasteiger partial charge in [0.1, 0.15) is 0 Å². The van der Waals surface area contributed by atoms with Crippen molar-refractivity contribution >= 4 is 11.9 Å². The molecule has 0 saturated carbocycles. The highest BCUT2D eigenvalue weighted by molar-refractivity contribution is 5.95. The number of carbonyl (C=O) groups excluding carboxylic acids is 2. The summed E-state index contributed by atoms with van der Waals surface area (Å²) in [6.45, 7) is 0.898. The number of rotatable bonds is 8. The Balaban J connectivity index is 1.82.